The van der Waals surface area contributed by atoms with Gasteiger partial charge in [0, 0.05) is 0 Å². The molecule has 0 spiro atoms. The molecule has 0 fully saturated rings. The van der Waals surface area contributed by atoms with Gasteiger partial charge in [-0.1, -0.05) is 0 Å². The molecule has 0 unspecified atom stereocenters. The minimum absolute atomic E-state index is 0.137. The van der Waals surface area contributed by atoms with Gasteiger partial charge in [0.05, 0.1) is 12.0 Å². The fourth-order valence-corrected chi connectivity index (χ4v) is 1.30. The van der Waals surface area contributed by atoms with E-state index in [-0.39, 0.29) is 11.4 Å². The van der Waals surface area contributed by atoms with Gasteiger partial charge in [-0.05, 0) is 6.07 Å². The van der Waals surface area contributed by atoms with Gasteiger partial charge in [0.15, 0.2) is 0 Å². The quantitative estimate of drug-likeness (QED) is 0.573. The van der Waals surface area contributed by atoms with E-state index in [9.17, 15) is 4.57 Å². The molecule has 1 aromatic heterocycles. The highest BCUT2D eigenvalue weighted by Crippen LogP contribution is 2.40. The molecule has 0 saturated heterocycles. The Morgan fingerprint density at radius 1 is 1.64 bits per heavy atom. The summed E-state index contributed by atoms with van der Waals surface area (Å²) in [5, 5.41) is 0. The van der Waals surface area contributed by atoms with Crippen molar-refractivity contribution in [2.75, 3.05) is 5.73 Å². The first-order valence-corrected chi connectivity index (χ1v) is 4.65. The molecule has 0 bridgehead atoms. The van der Waals surface area contributed by atoms with Crippen LogP contribution in [0.15, 0.2) is 16.7 Å². The Morgan fingerprint density at radius 2 is 2.27 bits per heavy atom. The summed E-state index contributed by atoms with van der Waals surface area (Å²) in [5.41, 5.74) is 5.58. The fraction of sp³-hybridized carbons (Fsp3) is 0.200. The fourth-order valence-electron chi connectivity index (χ4n) is 0.666. The average molecular weight is 177 g/mol. The number of anilines is 1. The van der Waals surface area contributed by atoms with Gasteiger partial charge < -0.3 is 19.9 Å². The maximum absolute atomic E-state index is 10.4. The first kappa shape index (κ1) is 8.33. The first-order chi connectivity index (χ1) is 4.99. The van der Waals surface area contributed by atoms with Gasteiger partial charge in [-0.15, -0.1) is 0 Å². The first-order valence-electron chi connectivity index (χ1n) is 2.85. The van der Waals surface area contributed by atoms with Crippen molar-refractivity contribution in [3.05, 3.63) is 18.1 Å². The van der Waals surface area contributed by atoms with Crippen molar-refractivity contribution in [2.24, 2.45) is 0 Å². The van der Waals surface area contributed by atoms with Gasteiger partial charge >= 0.3 is 7.60 Å². The molecule has 4 N–H and O–H groups in total. The van der Waals surface area contributed by atoms with Crippen LogP contribution in [0.3, 0.4) is 0 Å². The Morgan fingerprint density at radius 3 is 2.64 bits per heavy atom. The van der Waals surface area contributed by atoms with Crippen LogP contribution in [-0.4, -0.2) is 9.79 Å². The van der Waals surface area contributed by atoms with Crippen molar-refractivity contribution >= 4 is 13.3 Å². The molecule has 0 radical (unpaired) electrons. The molecular formula is C5H8NO4P. The van der Waals surface area contributed by atoms with Crippen molar-refractivity contribution in [3.63, 3.8) is 0 Å². The van der Waals surface area contributed by atoms with E-state index in [1.54, 1.807) is 0 Å². The van der Waals surface area contributed by atoms with Crippen LogP contribution in [0.25, 0.3) is 0 Å². The van der Waals surface area contributed by atoms with Crippen LogP contribution in [-0.2, 0) is 10.7 Å². The third-order valence-corrected chi connectivity index (χ3v) is 1.83. The Labute approximate surface area is 63.0 Å². The lowest BCUT2D eigenvalue weighted by Gasteiger charge is -2.00. The van der Waals surface area contributed by atoms with E-state index in [0.717, 1.165) is 0 Å². The number of nitrogen functional groups attached to an aromatic ring is 1. The van der Waals surface area contributed by atoms with Crippen molar-refractivity contribution in [3.8, 4) is 0 Å². The van der Waals surface area contributed by atoms with Gasteiger partial charge in [-0.3, -0.25) is 4.57 Å². The summed E-state index contributed by atoms with van der Waals surface area (Å²) in [7, 11) is -4.06. The highest BCUT2D eigenvalue weighted by Gasteiger charge is 2.17. The third kappa shape index (κ3) is 2.38. The van der Waals surface area contributed by atoms with E-state index in [1.807, 2.05) is 0 Å². The van der Waals surface area contributed by atoms with E-state index < -0.39 is 13.8 Å². The van der Waals surface area contributed by atoms with Gasteiger partial charge in [-0.2, -0.15) is 0 Å². The Balaban J connectivity index is 2.80. The van der Waals surface area contributed by atoms with Crippen LogP contribution >= 0.6 is 7.60 Å². The largest absolute Gasteiger partial charge is 0.466 e. The molecule has 1 aromatic rings. The zero-order valence-corrected chi connectivity index (χ0v) is 6.49. The summed E-state index contributed by atoms with van der Waals surface area (Å²) in [6, 6.07) is 1.45. The van der Waals surface area contributed by atoms with Crippen LogP contribution in [0.5, 0.6) is 0 Å². The van der Waals surface area contributed by atoms with Crippen LogP contribution < -0.4 is 5.73 Å². The van der Waals surface area contributed by atoms with Gasteiger partial charge in [0.2, 0.25) is 0 Å². The van der Waals surface area contributed by atoms with E-state index in [4.69, 9.17) is 19.9 Å². The molecule has 0 aliphatic rings. The number of hydrogen-bond acceptors (Lipinski definition) is 3. The minimum Gasteiger partial charge on any atom is -0.466 e. The molecule has 0 saturated carbocycles. The van der Waals surface area contributed by atoms with Gasteiger partial charge in [-0.25, -0.2) is 0 Å². The highest BCUT2D eigenvalue weighted by atomic mass is 31.2. The third-order valence-electron chi connectivity index (χ3n) is 1.13. The topological polar surface area (TPSA) is 96.7 Å². The molecule has 0 aliphatic heterocycles. The minimum atomic E-state index is -4.06. The second-order valence-corrected chi connectivity index (χ2v) is 3.77. The van der Waals surface area contributed by atoms with Crippen molar-refractivity contribution in [1.29, 1.82) is 0 Å². The Hall–Kier alpha value is -0.770. The number of hydrogen-bond donors (Lipinski definition) is 3. The van der Waals surface area contributed by atoms with Crippen LogP contribution in [0.1, 0.15) is 5.76 Å². The molecular weight excluding hydrogens is 169 g/mol. The number of furan rings is 1. The van der Waals surface area contributed by atoms with Crippen molar-refractivity contribution in [1.82, 2.24) is 0 Å². The number of nitrogens with two attached hydrogens (primary N) is 1. The molecule has 1 rings (SSSR count). The van der Waals surface area contributed by atoms with Gasteiger partial charge in [0.25, 0.3) is 0 Å². The van der Waals surface area contributed by atoms with Crippen LogP contribution in [0.2, 0.25) is 0 Å². The lowest BCUT2D eigenvalue weighted by atomic mass is 10.4. The molecule has 0 atom stereocenters. The van der Waals surface area contributed by atoms with Crippen LogP contribution in [0, 0.1) is 0 Å². The summed E-state index contributed by atoms with van der Waals surface area (Å²) < 4.78 is 15.2. The van der Waals surface area contributed by atoms with E-state index in [1.165, 1.54) is 12.3 Å². The van der Waals surface area contributed by atoms with Crippen LogP contribution in [0.4, 0.5) is 5.69 Å². The maximum atomic E-state index is 10.4. The normalized spacial score (nSPS) is 11.8. The Bertz CT molecular complexity index is 288. The smallest absolute Gasteiger partial charge is 0.333 e. The monoisotopic (exact) mass is 177 g/mol. The molecule has 1 heterocycles. The van der Waals surface area contributed by atoms with Crippen molar-refractivity contribution < 1.29 is 18.8 Å². The molecule has 0 aliphatic carbocycles. The Kier molecular flexibility index (Phi) is 2.04. The predicted octanol–water partition coefficient (Wildman–Crippen LogP) is 0.539. The zero-order chi connectivity index (χ0) is 8.48. The van der Waals surface area contributed by atoms with E-state index in [2.05, 4.69) is 0 Å². The molecule has 62 valence electrons. The molecule has 0 aromatic carbocycles. The molecule has 6 heteroatoms. The SMILES string of the molecule is Nc1ccoc1CP(=O)(O)O. The summed E-state index contributed by atoms with van der Waals surface area (Å²) in [4.78, 5) is 17.0. The predicted molar refractivity (Wildman–Crippen MR) is 38.9 cm³/mol. The zero-order valence-electron chi connectivity index (χ0n) is 5.60. The second-order valence-electron chi connectivity index (χ2n) is 2.12. The van der Waals surface area contributed by atoms with Crippen molar-refractivity contribution in [2.45, 2.75) is 6.16 Å². The highest BCUT2D eigenvalue weighted by molar-refractivity contribution is 7.50. The second kappa shape index (κ2) is 2.70. The molecule has 11 heavy (non-hydrogen) atoms. The lowest BCUT2D eigenvalue weighted by molar-refractivity contribution is 0.366. The van der Waals surface area contributed by atoms with E-state index in [0.29, 0.717) is 0 Å². The summed E-state index contributed by atoms with van der Waals surface area (Å²) in [5.74, 6) is 0.137. The lowest BCUT2D eigenvalue weighted by Crippen LogP contribution is -1.90. The summed E-state index contributed by atoms with van der Waals surface area (Å²) in [6.45, 7) is 0. The standard InChI is InChI=1S/C5H8NO4P/c6-4-1-2-10-5(4)3-11(7,8)9/h1-2H,3,6H2,(H2,7,8,9). The maximum Gasteiger partial charge on any atom is 0.333 e. The average Bonchev–Trinajstić information content (AvgIpc) is 2.12. The van der Waals surface area contributed by atoms with E-state index >= 15 is 0 Å². The summed E-state index contributed by atoms with van der Waals surface area (Å²) >= 11 is 0. The van der Waals surface area contributed by atoms with Gasteiger partial charge in [0.1, 0.15) is 11.9 Å². The molecule has 5 nitrogen and oxygen atoms in total. The molecule has 0 amide bonds. The number of rotatable bonds is 2. The summed E-state index contributed by atoms with van der Waals surface area (Å²) in [6.07, 6.45) is 0.853.